The van der Waals surface area contributed by atoms with Crippen LogP contribution in [0.3, 0.4) is 0 Å². The molecule has 5 atom stereocenters. The lowest BCUT2D eigenvalue weighted by Gasteiger charge is -2.26. The number of rotatable bonds is 7. The molecule has 252 valence electrons. The summed E-state index contributed by atoms with van der Waals surface area (Å²) in [6, 6.07) is 5.61. The highest BCUT2D eigenvalue weighted by Gasteiger charge is 2.61. The molecule has 2 aliphatic heterocycles. The second kappa shape index (κ2) is 12.4. The zero-order valence-corrected chi connectivity index (χ0v) is 27.9. The molecule has 7 rings (SSSR count). The topological polar surface area (TPSA) is 141 Å². The summed E-state index contributed by atoms with van der Waals surface area (Å²) in [7, 11) is -1.99. The molecule has 47 heavy (non-hydrogen) atoms. The van der Waals surface area contributed by atoms with Crippen molar-refractivity contribution in [3.05, 3.63) is 35.9 Å². The number of hydrogen-bond acceptors (Lipinski definition) is 9. The van der Waals surface area contributed by atoms with Crippen LogP contribution >= 0.6 is 0 Å². The Hall–Kier alpha value is -3.67. The lowest BCUT2D eigenvalue weighted by molar-refractivity contribution is -0.140. The maximum absolute atomic E-state index is 14.2. The number of allylic oxidation sites excluding steroid dienone is 2. The summed E-state index contributed by atoms with van der Waals surface area (Å²) in [5, 5.41) is 0.266. The van der Waals surface area contributed by atoms with E-state index in [4.69, 9.17) is 19.2 Å². The highest BCUT2D eigenvalue weighted by atomic mass is 32.2. The average Bonchev–Trinajstić information content (AvgIpc) is 3.91. The number of Topliss-reactive ketones (excluding diaryl/α,β-unsaturated/α-hetero) is 1. The Balaban J connectivity index is 1.18. The zero-order chi connectivity index (χ0) is 32.9. The monoisotopic (exact) mass is 665 g/mol. The molecule has 2 aromatic rings. The molecule has 0 unspecified atom stereocenters. The fraction of sp³-hybridized carbons (Fsp3) is 0.600. The van der Waals surface area contributed by atoms with Gasteiger partial charge in [-0.25, -0.2) is 13.4 Å². The van der Waals surface area contributed by atoms with Crippen molar-refractivity contribution in [1.82, 2.24) is 14.6 Å². The van der Waals surface area contributed by atoms with Gasteiger partial charge in [0.2, 0.25) is 27.7 Å². The third-order valence-electron chi connectivity index (χ3n) is 10.6. The zero-order valence-electron chi connectivity index (χ0n) is 27.0. The van der Waals surface area contributed by atoms with E-state index in [1.165, 1.54) is 0 Å². The maximum Gasteiger partial charge on any atom is 0.240 e. The minimum absolute atomic E-state index is 0.103. The summed E-state index contributed by atoms with van der Waals surface area (Å²) in [5.74, 6) is -0.594. The highest BCUT2D eigenvalue weighted by molar-refractivity contribution is 7.90. The van der Waals surface area contributed by atoms with E-state index in [9.17, 15) is 22.8 Å². The van der Waals surface area contributed by atoms with Crippen LogP contribution in [0.15, 0.2) is 30.4 Å². The van der Waals surface area contributed by atoms with Crippen molar-refractivity contribution in [1.29, 1.82) is 0 Å². The number of sulfonamides is 1. The van der Waals surface area contributed by atoms with E-state index in [2.05, 4.69) is 4.72 Å². The Morgan fingerprint density at radius 1 is 1.17 bits per heavy atom. The van der Waals surface area contributed by atoms with E-state index in [-0.39, 0.29) is 24.0 Å². The molecular weight excluding hydrogens is 622 g/mol. The van der Waals surface area contributed by atoms with Crippen LogP contribution in [-0.4, -0.2) is 74.1 Å². The van der Waals surface area contributed by atoms with Gasteiger partial charge in [0.1, 0.15) is 23.4 Å². The van der Waals surface area contributed by atoms with Crippen molar-refractivity contribution in [3.63, 3.8) is 0 Å². The number of fused-ring (bicyclic) bond motifs is 5. The number of aromatic nitrogens is 1. The SMILES string of the molecule is CCOc1cc(O[C@@H]2C[C@H]3C(=O)C[C@]4(C(=O)NS(=O)(=O)C5CC5)C[C@@H]4/C=C\CCCCN(C)C(=O)[C@@H]3C2)c2ccc3c(c2n1)CCO3. The highest BCUT2D eigenvalue weighted by Crippen LogP contribution is 2.58. The first-order chi connectivity index (χ1) is 22.6. The summed E-state index contributed by atoms with van der Waals surface area (Å²) in [6.07, 6.45) is 8.77. The number of amides is 2. The fourth-order valence-electron chi connectivity index (χ4n) is 7.66. The standard InChI is InChI=1S/C35H43N3O8S/c1-3-44-31-18-30(24-11-12-29-25(13-15-45-29)32(24)36-31)46-22-16-26-27(17-22)33(40)38(2)14-7-5-4-6-8-21-19-35(21,20-28(26)39)34(41)37-47(42,43)23-9-10-23/h6,8,11-12,18,21-23,26-27H,3-5,7,9-10,13-17,19-20H2,1-2H3,(H,37,41)/b8-6-/t21-,22+,26+,27+,35+/m0/s1. The van der Waals surface area contributed by atoms with Gasteiger partial charge in [0.05, 0.1) is 35.3 Å². The molecule has 3 saturated carbocycles. The molecule has 3 heterocycles. The van der Waals surface area contributed by atoms with Gasteiger partial charge in [-0.3, -0.25) is 19.1 Å². The van der Waals surface area contributed by atoms with Crippen LogP contribution in [0.1, 0.15) is 70.3 Å². The predicted molar refractivity (Wildman–Crippen MR) is 174 cm³/mol. The largest absolute Gasteiger partial charge is 0.493 e. The molecule has 11 nitrogen and oxygen atoms in total. The number of ketones is 1. The van der Waals surface area contributed by atoms with Crippen LogP contribution in [0.2, 0.25) is 0 Å². The second-order valence-electron chi connectivity index (χ2n) is 13.8. The van der Waals surface area contributed by atoms with Gasteiger partial charge >= 0.3 is 0 Å². The number of carbonyl (C=O) groups excluding carboxylic acids is 3. The molecular formula is C35H43N3O8S. The smallest absolute Gasteiger partial charge is 0.240 e. The molecule has 1 N–H and O–H groups in total. The molecule has 0 saturated heterocycles. The van der Waals surface area contributed by atoms with Crippen LogP contribution in [-0.2, 0) is 30.8 Å². The van der Waals surface area contributed by atoms with Crippen molar-refractivity contribution < 1.29 is 37.0 Å². The van der Waals surface area contributed by atoms with Crippen LogP contribution in [0.5, 0.6) is 17.4 Å². The molecule has 1 aromatic carbocycles. The molecule has 0 bridgehead atoms. The van der Waals surface area contributed by atoms with Gasteiger partial charge in [-0.15, -0.1) is 0 Å². The number of hydrogen-bond donors (Lipinski definition) is 1. The molecule has 0 radical (unpaired) electrons. The molecule has 0 spiro atoms. The summed E-state index contributed by atoms with van der Waals surface area (Å²) in [5.41, 5.74) is 0.626. The molecule has 5 aliphatic rings. The van der Waals surface area contributed by atoms with Crippen molar-refractivity contribution in [3.8, 4) is 17.4 Å². The Morgan fingerprint density at radius 3 is 2.77 bits per heavy atom. The van der Waals surface area contributed by atoms with Crippen LogP contribution in [0.4, 0.5) is 0 Å². The Kier molecular flexibility index (Phi) is 8.42. The quantitative estimate of drug-likeness (QED) is 0.433. The van der Waals surface area contributed by atoms with Crippen LogP contribution < -0.4 is 18.9 Å². The first kappa shape index (κ1) is 31.9. The number of nitrogens with zero attached hydrogens (tertiary/aromatic N) is 2. The van der Waals surface area contributed by atoms with Gasteiger partial charge in [-0.05, 0) is 76.3 Å². The fourth-order valence-corrected chi connectivity index (χ4v) is 9.05. The third-order valence-corrected chi connectivity index (χ3v) is 12.4. The van der Waals surface area contributed by atoms with E-state index in [0.717, 1.165) is 47.9 Å². The van der Waals surface area contributed by atoms with E-state index in [1.807, 2.05) is 31.2 Å². The first-order valence-electron chi connectivity index (χ1n) is 17.0. The molecule has 1 aromatic heterocycles. The van der Waals surface area contributed by atoms with Crippen molar-refractivity contribution >= 4 is 38.5 Å². The lowest BCUT2D eigenvalue weighted by Crippen LogP contribution is -2.42. The number of ether oxygens (including phenoxy) is 3. The van der Waals surface area contributed by atoms with Crippen molar-refractivity contribution in [2.45, 2.75) is 82.5 Å². The number of nitrogens with one attached hydrogen (secondary N) is 1. The number of pyridine rings is 1. The van der Waals surface area contributed by atoms with Crippen molar-refractivity contribution in [2.75, 3.05) is 26.8 Å². The minimum atomic E-state index is -3.77. The average molecular weight is 666 g/mol. The Bertz CT molecular complexity index is 1740. The van der Waals surface area contributed by atoms with E-state index >= 15 is 0 Å². The first-order valence-corrected chi connectivity index (χ1v) is 18.5. The van der Waals surface area contributed by atoms with Gasteiger partial charge in [0.15, 0.2) is 0 Å². The summed E-state index contributed by atoms with van der Waals surface area (Å²) in [6.45, 7) is 3.49. The lowest BCUT2D eigenvalue weighted by atomic mass is 9.84. The van der Waals surface area contributed by atoms with Crippen molar-refractivity contribution in [2.24, 2.45) is 23.2 Å². The number of benzene rings is 1. The predicted octanol–water partition coefficient (Wildman–Crippen LogP) is 4.11. The summed E-state index contributed by atoms with van der Waals surface area (Å²) >= 11 is 0. The second-order valence-corrected chi connectivity index (χ2v) is 15.8. The minimum Gasteiger partial charge on any atom is -0.493 e. The van der Waals surface area contributed by atoms with E-state index in [0.29, 0.717) is 63.5 Å². The van der Waals surface area contributed by atoms with Gasteiger partial charge in [0, 0.05) is 49.4 Å². The Morgan fingerprint density at radius 2 is 1.98 bits per heavy atom. The van der Waals surface area contributed by atoms with Crippen LogP contribution in [0.25, 0.3) is 10.9 Å². The molecule has 3 aliphatic carbocycles. The van der Waals surface area contributed by atoms with Gasteiger partial charge < -0.3 is 19.1 Å². The maximum atomic E-state index is 14.2. The van der Waals surface area contributed by atoms with Crippen LogP contribution in [0, 0.1) is 23.2 Å². The number of carbonyl (C=O) groups is 3. The Labute approximate surface area is 275 Å². The van der Waals surface area contributed by atoms with Gasteiger partial charge in [-0.1, -0.05) is 12.2 Å². The van der Waals surface area contributed by atoms with E-state index in [1.54, 1.807) is 18.0 Å². The normalized spacial score (nSPS) is 30.0. The summed E-state index contributed by atoms with van der Waals surface area (Å²) in [4.78, 5) is 48.2. The molecule has 3 fully saturated rings. The molecule has 12 heteroatoms. The van der Waals surface area contributed by atoms with E-state index < -0.39 is 44.5 Å². The third kappa shape index (κ3) is 6.21. The molecule has 2 amide bonds. The van der Waals surface area contributed by atoms with Gasteiger partial charge in [-0.2, -0.15) is 0 Å². The summed E-state index contributed by atoms with van der Waals surface area (Å²) < 4.78 is 46.0. The van der Waals surface area contributed by atoms with Gasteiger partial charge in [0.25, 0.3) is 0 Å².